The molecule has 4 heteroatoms. The van der Waals surface area contributed by atoms with Crippen LogP contribution in [0.2, 0.25) is 0 Å². The van der Waals surface area contributed by atoms with E-state index in [1.807, 2.05) is 11.1 Å². The number of benzene rings is 1. The van der Waals surface area contributed by atoms with Gasteiger partial charge in [-0.25, -0.2) is 9.40 Å². The van der Waals surface area contributed by atoms with Crippen LogP contribution in [0.25, 0.3) is 0 Å². The highest BCUT2D eigenvalue weighted by atomic mass is 19.1. The maximum atomic E-state index is 13.4. The maximum absolute atomic E-state index is 13.4. The molecule has 1 aromatic carbocycles. The molecule has 2 aliphatic heterocycles. The van der Waals surface area contributed by atoms with Crippen molar-refractivity contribution in [2.75, 3.05) is 13.1 Å². The predicted octanol–water partition coefficient (Wildman–Crippen LogP) is 3.14. The molecule has 0 aromatic heterocycles. The summed E-state index contributed by atoms with van der Waals surface area (Å²) >= 11 is 0. The van der Waals surface area contributed by atoms with Gasteiger partial charge >= 0.3 is 0 Å². The molecule has 0 N–H and O–H groups in total. The van der Waals surface area contributed by atoms with Gasteiger partial charge in [0.2, 0.25) is 5.91 Å². The van der Waals surface area contributed by atoms with E-state index in [-0.39, 0.29) is 23.2 Å². The van der Waals surface area contributed by atoms with Crippen molar-refractivity contribution >= 4 is 5.91 Å². The third-order valence-electron chi connectivity index (χ3n) is 4.55. The Morgan fingerprint density at radius 1 is 1.45 bits per heavy atom. The Morgan fingerprint density at radius 2 is 2.25 bits per heavy atom. The summed E-state index contributed by atoms with van der Waals surface area (Å²) in [6, 6.07) is 6.64. The molecule has 0 aliphatic carbocycles. The highest BCUT2D eigenvalue weighted by Gasteiger charge is 2.52. The first kappa shape index (κ1) is 13.6. The number of hydrogen-bond acceptors (Lipinski definition) is 2. The minimum Gasteiger partial charge on any atom is -0.273 e. The molecule has 1 unspecified atom stereocenters. The summed E-state index contributed by atoms with van der Waals surface area (Å²) in [7, 11) is 0. The Balaban J connectivity index is 1.89. The molecule has 2 fully saturated rings. The van der Waals surface area contributed by atoms with E-state index in [1.54, 1.807) is 12.1 Å². The predicted molar refractivity (Wildman–Crippen MR) is 75.2 cm³/mol. The van der Waals surface area contributed by atoms with Crippen molar-refractivity contribution in [1.82, 2.24) is 10.0 Å². The van der Waals surface area contributed by atoms with Crippen molar-refractivity contribution in [2.24, 2.45) is 5.41 Å². The zero-order chi connectivity index (χ0) is 14.3. The molecule has 0 spiro atoms. The van der Waals surface area contributed by atoms with Crippen LogP contribution in [0.3, 0.4) is 0 Å². The molecular formula is C16H21FN2O. The lowest BCUT2D eigenvalue weighted by atomic mass is 9.85. The molecule has 0 saturated carbocycles. The van der Waals surface area contributed by atoms with Gasteiger partial charge in [-0.15, -0.1) is 0 Å². The number of rotatable bonds is 3. The smallest absolute Gasteiger partial charge is 0.244 e. The molecule has 2 atom stereocenters. The first-order chi connectivity index (χ1) is 9.55. The number of carbonyl (C=O) groups is 1. The number of hydrazine groups is 1. The van der Waals surface area contributed by atoms with Gasteiger partial charge in [-0.1, -0.05) is 25.5 Å². The fraction of sp³-hybridized carbons (Fsp3) is 0.562. The number of halogens is 1. The van der Waals surface area contributed by atoms with E-state index >= 15 is 0 Å². The average Bonchev–Trinajstić information content (AvgIpc) is 2.90. The van der Waals surface area contributed by atoms with Gasteiger partial charge in [0.15, 0.2) is 0 Å². The van der Waals surface area contributed by atoms with Gasteiger partial charge in [0.05, 0.1) is 11.5 Å². The Labute approximate surface area is 119 Å². The Morgan fingerprint density at radius 3 is 2.95 bits per heavy atom. The third-order valence-corrected chi connectivity index (χ3v) is 4.55. The lowest BCUT2D eigenvalue weighted by Crippen LogP contribution is -2.36. The Hall–Kier alpha value is -1.42. The van der Waals surface area contributed by atoms with Crippen LogP contribution < -0.4 is 0 Å². The molecule has 0 bridgehead atoms. The third kappa shape index (κ3) is 2.03. The second kappa shape index (κ2) is 4.85. The van der Waals surface area contributed by atoms with Crippen LogP contribution in [0.5, 0.6) is 0 Å². The van der Waals surface area contributed by atoms with Gasteiger partial charge in [-0.05, 0) is 37.5 Å². The Kier molecular flexibility index (Phi) is 3.28. The van der Waals surface area contributed by atoms with Crippen molar-refractivity contribution in [3.8, 4) is 0 Å². The Bertz CT molecular complexity index is 533. The number of hydrogen-bond donors (Lipinski definition) is 0. The van der Waals surface area contributed by atoms with Gasteiger partial charge in [0.25, 0.3) is 0 Å². The first-order valence-corrected chi connectivity index (χ1v) is 7.39. The molecule has 1 amide bonds. The highest BCUT2D eigenvalue weighted by Crippen LogP contribution is 2.44. The van der Waals surface area contributed by atoms with E-state index in [9.17, 15) is 9.18 Å². The van der Waals surface area contributed by atoms with Crippen molar-refractivity contribution in [3.63, 3.8) is 0 Å². The summed E-state index contributed by atoms with van der Waals surface area (Å²) in [6.07, 6.45) is 2.81. The first-order valence-electron chi connectivity index (χ1n) is 7.39. The molecule has 3 rings (SSSR count). The normalized spacial score (nSPS) is 30.1. The zero-order valence-corrected chi connectivity index (χ0v) is 12.1. The van der Waals surface area contributed by atoms with E-state index in [0.717, 1.165) is 37.9 Å². The van der Waals surface area contributed by atoms with Gasteiger partial charge in [0, 0.05) is 13.1 Å². The topological polar surface area (TPSA) is 23.6 Å². The standard InChI is InChI=1S/C16H21FN2O/c1-3-8-16(2)11-18-9-7-14(19(18)15(16)20)12-5-4-6-13(17)10-12/h4-6,10,14H,3,7-9,11H2,1-2H3/t14-,16?/m1/s1. The van der Waals surface area contributed by atoms with Crippen LogP contribution in [0.15, 0.2) is 24.3 Å². The minimum atomic E-state index is -0.277. The van der Waals surface area contributed by atoms with Crippen molar-refractivity contribution in [1.29, 1.82) is 0 Å². The van der Waals surface area contributed by atoms with Crippen molar-refractivity contribution in [2.45, 2.75) is 39.2 Å². The summed E-state index contributed by atoms with van der Waals surface area (Å²) in [5.41, 5.74) is 0.627. The second-order valence-corrected chi connectivity index (χ2v) is 6.21. The quantitative estimate of drug-likeness (QED) is 0.846. The summed E-state index contributed by atoms with van der Waals surface area (Å²) in [5, 5.41) is 4.03. The molecule has 20 heavy (non-hydrogen) atoms. The molecular weight excluding hydrogens is 255 g/mol. The van der Waals surface area contributed by atoms with Crippen molar-refractivity contribution in [3.05, 3.63) is 35.6 Å². The minimum absolute atomic E-state index is 0.00289. The number of fused-ring (bicyclic) bond motifs is 1. The van der Waals surface area contributed by atoms with Gasteiger partial charge in [-0.2, -0.15) is 0 Å². The summed E-state index contributed by atoms with van der Waals surface area (Å²) in [6.45, 7) is 5.85. The lowest BCUT2D eigenvalue weighted by molar-refractivity contribution is -0.142. The fourth-order valence-electron chi connectivity index (χ4n) is 3.63. The van der Waals surface area contributed by atoms with E-state index in [1.165, 1.54) is 6.07 Å². The maximum Gasteiger partial charge on any atom is 0.244 e. The average molecular weight is 276 g/mol. The van der Waals surface area contributed by atoms with Crippen LogP contribution in [0.1, 0.15) is 44.7 Å². The van der Waals surface area contributed by atoms with E-state index < -0.39 is 0 Å². The van der Waals surface area contributed by atoms with Gasteiger partial charge in [0.1, 0.15) is 5.82 Å². The lowest BCUT2D eigenvalue weighted by Gasteiger charge is -2.26. The van der Waals surface area contributed by atoms with E-state index in [2.05, 4.69) is 18.9 Å². The zero-order valence-electron chi connectivity index (χ0n) is 12.1. The largest absolute Gasteiger partial charge is 0.273 e. The monoisotopic (exact) mass is 276 g/mol. The van der Waals surface area contributed by atoms with Crippen molar-refractivity contribution < 1.29 is 9.18 Å². The molecule has 3 nitrogen and oxygen atoms in total. The molecule has 2 heterocycles. The SMILES string of the molecule is CCCC1(C)CN2CC[C@H](c3cccc(F)c3)N2C1=O. The summed E-state index contributed by atoms with van der Waals surface area (Å²) in [5.74, 6) is -0.0324. The number of carbonyl (C=O) groups excluding carboxylic acids is 1. The fourth-order valence-corrected chi connectivity index (χ4v) is 3.63. The van der Waals surface area contributed by atoms with Crippen LogP contribution in [-0.2, 0) is 4.79 Å². The van der Waals surface area contributed by atoms with Crippen LogP contribution in [-0.4, -0.2) is 29.0 Å². The molecule has 0 radical (unpaired) electrons. The van der Waals surface area contributed by atoms with Crippen LogP contribution >= 0.6 is 0 Å². The molecule has 108 valence electrons. The second-order valence-electron chi connectivity index (χ2n) is 6.21. The van der Waals surface area contributed by atoms with E-state index in [4.69, 9.17) is 0 Å². The highest BCUT2D eigenvalue weighted by molar-refractivity contribution is 5.84. The number of amides is 1. The molecule has 2 aliphatic rings. The summed E-state index contributed by atoms with van der Waals surface area (Å²) in [4.78, 5) is 12.8. The summed E-state index contributed by atoms with van der Waals surface area (Å²) < 4.78 is 13.4. The van der Waals surface area contributed by atoms with Gasteiger partial charge in [-0.3, -0.25) is 9.80 Å². The van der Waals surface area contributed by atoms with Gasteiger partial charge < -0.3 is 0 Å². The molecule has 2 saturated heterocycles. The molecule has 1 aromatic rings. The number of nitrogens with zero attached hydrogens (tertiary/aromatic N) is 2. The van der Waals surface area contributed by atoms with Crippen LogP contribution in [0.4, 0.5) is 4.39 Å². The van der Waals surface area contributed by atoms with E-state index in [0.29, 0.717) is 0 Å². The van der Waals surface area contributed by atoms with Crippen LogP contribution in [0, 0.1) is 11.2 Å².